The second-order valence-corrected chi connectivity index (χ2v) is 8.11. The molecule has 3 aromatic rings. The first-order valence-corrected chi connectivity index (χ1v) is 11.0. The van der Waals surface area contributed by atoms with Gasteiger partial charge in [-0.15, -0.1) is 0 Å². The van der Waals surface area contributed by atoms with Crippen LogP contribution in [0, 0.1) is 0 Å². The molecule has 1 unspecified atom stereocenters. The summed E-state index contributed by atoms with van der Waals surface area (Å²) in [5.74, 6) is 2.13. The average Bonchev–Trinajstić information content (AvgIpc) is 3.54. The van der Waals surface area contributed by atoms with E-state index in [1.807, 2.05) is 29.9 Å². The monoisotopic (exact) mass is 424 g/mol. The molecule has 2 N–H and O–H groups in total. The van der Waals surface area contributed by atoms with Gasteiger partial charge in [0.15, 0.2) is 5.65 Å². The summed E-state index contributed by atoms with van der Waals surface area (Å²) in [5, 5.41) is 11.8. The predicted molar refractivity (Wildman–Crippen MR) is 122 cm³/mol. The van der Waals surface area contributed by atoms with Gasteiger partial charge in [0, 0.05) is 37.2 Å². The van der Waals surface area contributed by atoms with Crippen LogP contribution >= 0.6 is 0 Å². The van der Waals surface area contributed by atoms with Crippen molar-refractivity contribution in [1.82, 2.24) is 24.9 Å². The number of methoxy groups -OCH3 is 2. The molecule has 1 fully saturated rings. The number of pyridine rings is 1. The highest BCUT2D eigenvalue weighted by molar-refractivity contribution is 5.64. The zero-order valence-corrected chi connectivity index (χ0v) is 18.8. The SMILES string of the molecule is CCCC(CNC)Nc1nc(-c2cnc3cc(OC)c(C4CC4)nn23)ccc1COC. The number of anilines is 1. The maximum absolute atomic E-state index is 5.56. The standard InChI is InChI=1S/C23H32N6O2/c1-5-6-17(12-24-2)26-23-16(14-30-3)9-10-18(27-23)19-13-25-21-11-20(31-4)22(15-7-8-15)28-29(19)21/h9-11,13,15,17,24H,5-8,12,14H2,1-4H3,(H,26,27). The molecule has 1 saturated carbocycles. The molecule has 31 heavy (non-hydrogen) atoms. The normalized spacial score (nSPS) is 14.7. The summed E-state index contributed by atoms with van der Waals surface area (Å²) in [4.78, 5) is 9.53. The van der Waals surface area contributed by atoms with Crippen LogP contribution < -0.4 is 15.4 Å². The molecule has 8 nitrogen and oxygen atoms in total. The number of aromatic nitrogens is 4. The molecule has 0 bridgehead atoms. The molecule has 166 valence electrons. The number of imidazole rings is 1. The lowest BCUT2D eigenvalue weighted by atomic mass is 10.1. The molecule has 1 aliphatic rings. The van der Waals surface area contributed by atoms with Gasteiger partial charge in [-0.25, -0.2) is 14.5 Å². The number of rotatable bonds is 11. The lowest BCUT2D eigenvalue weighted by Crippen LogP contribution is -2.31. The molecule has 0 saturated heterocycles. The minimum absolute atomic E-state index is 0.291. The van der Waals surface area contributed by atoms with E-state index in [2.05, 4.69) is 28.6 Å². The van der Waals surface area contributed by atoms with Crippen molar-refractivity contribution in [3.8, 4) is 17.1 Å². The van der Waals surface area contributed by atoms with E-state index in [0.717, 1.165) is 72.1 Å². The van der Waals surface area contributed by atoms with Crippen LogP contribution in [0.5, 0.6) is 5.75 Å². The van der Waals surface area contributed by atoms with Crippen LogP contribution in [0.2, 0.25) is 0 Å². The summed E-state index contributed by atoms with van der Waals surface area (Å²) >= 11 is 0. The summed E-state index contributed by atoms with van der Waals surface area (Å²) in [5.41, 5.74) is 4.49. The van der Waals surface area contributed by atoms with Gasteiger partial charge in [-0.2, -0.15) is 5.10 Å². The average molecular weight is 425 g/mol. The van der Waals surface area contributed by atoms with E-state index in [1.165, 1.54) is 0 Å². The van der Waals surface area contributed by atoms with Gasteiger partial charge < -0.3 is 20.1 Å². The van der Waals surface area contributed by atoms with Crippen LogP contribution in [0.4, 0.5) is 5.82 Å². The van der Waals surface area contributed by atoms with Gasteiger partial charge in [0.1, 0.15) is 23.0 Å². The number of ether oxygens (including phenoxy) is 2. The smallest absolute Gasteiger partial charge is 0.157 e. The van der Waals surface area contributed by atoms with Crippen LogP contribution in [0.3, 0.4) is 0 Å². The Labute approximate surface area is 183 Å². The van der Waals surface area contributed by atoms with Gasteiger partial charge >= 0.3 is 0 Å². The highest BCUT2D eigenvalue weighted by Crippen LogP contribution is 2.43. The molecular weight excluding hydrogens is 392 g/mol. The topological polar surface area (TPSA) is 85.6 Å². The summed E-state index contributed by atoms with van der Waals surface area (Å²) in [6.07, 6.45) is 6.29. The van der Waals surface area contributed by atoms with Crippen molar-refractivity contribution in [3.63, 3.8) is 0 Å². The fraction of sp³-hybridized carbons (Fsp3) is 0.522. The fourth-order valence-electron chi connectivity index (χ4n) is 3.93. The Hall–Kier alpha value is -2.71. The lowest BCUT2D eigenvalue weighted by Gasteiger charge is -2.21. The summed E-state index contributed by atoms with van der Waals surface area (Å²) in [6, 6.07) is 6.34. The van der Waals surface area contributed by atoms with Crippen LogP contribution in [-0.2, 0) is 11.3 Å². The van der Waals surface area contributed by atoms with E-state index >= 15 is 0 Å². The second kappa shape index (κ2) is 9.62. The summed E-state index contributed by atoms with van der Waals surface area (Å²) < 4.78 is 12.9. The molecule has 0 aliphatic heterocycles. The number of likely N-dealkylation sites (N-methyl/N-ethyl adjacent to an activating group) is 1. The van der Waals surface area contributed by atoms with Crippen molar-refractivity contribution in [1.29, 1.82) is 0 Å². The molecular formula is C23H32N6O2. The Morgan fingerprint density at radius 1 is 1.26 bits per heavy atom. The number of hydrogen-bond acceptors (Lipinski definition) is 7. The van der Waals surface area contributed by atoms with Crippen LogP contribution in [0.25, 0.3) is 17.0 Å². The zero-order valence-electron chi connectivity index (χ0n) is 18.8. The molecule has 0 spiro atoms. The first-order valence-electron chi connectivity index (χ1n) is 11.0. The van der Waals surface area contributed by atoms with Crippen molar-refractivity contribution in [2.45, 2.75) is 51.2 Å². The zero-order chi connectivity index (χ0) is 21.8. The summed E-state index contributed by atoms with van der Waals surface area (Å²) in [6.45, 7) is 3.57. The largest absolute Gasteiger partial charge is 0.495 e. The Kier molecular flexibility index (Phi) is 6.67. The first kappa shape index (κ1) is 21.5. The molecule has 1 aliphatic carbocycles. The third-order valence-electron chi connectivity index (χ3n) is 5.64. The van der Waals surface area contributed by atoms with E-state index in [0.29, 0.717) is 18.6 Å². The Morgan fingerprint density at radius 3 is 2.77 bits per heavy atom. The predicted octanol–water partition coefficient (Wildman–Crippen LogP) is 3.62. The van der Waals surface area contributed by atoms with E-state index in [-0.39, 0.29) is 0 Å². The van der Waals surface area contributed by atoms with Crippen LogP contribution in [0.1, 0.15) is 49.8 Å². The van der Waals surface area contributed by atoms with Crippen molar-refractivity contribution >= 4 is 11.5 Å². The van der Waals surface area contributed by atoms with Crippen molar-refractivity contribution in [2.24, 2.45) is 0 Å². The molecule has 4 rings (SSSR count). The van der Waals surface area contributed by atoms with Gasteiger partial charge in [-0.3, -0.25) is 0 Å². The highest BCUT2D eigenvalue weighted by Gasteiger charge is 2.30. The van der Waals surface area contributed by atoms with Crippen molar-refractivity contribution < 1.29 is 9.47 Å². The van der Waals surface area contributed by atoms with Crippen molar-refractivity contribution in [2.75, 3.05) is 33.1 Å². The molecule has 0 aromatic carbocycles. The minimum atomic E-state index is 0.291. The van der Waals surface area contributed by atoms with Gasteiger partial charge in [-0.05, 0) is 32.4 Å². The second-order valence-electron chi connectivity index (χ2n) is 8.11. The number of nitrogens with zero attached hydrogens (tertiary/aromatic N) is 4. The van der Waals surface area contributed by atoms with E-state index in [4.69, 9.17) is 19.6 Å². The third kappa shape index (κ3) is 4.65. The quantitative estimate of drug-likeness (QED) is 0.486. The Bertz CT molecular complexity index is 1020. The third-order valence-corrected chi connectivity index (χ3v) is 5.64. The van der Waals surface area contributed by atoms with E-state index in [1.54, 1.807) is 14.2 Å². The first-order chi connectivity index (χ1) is 15.2. The molecule has 0 amide bonds. The van der Waals surface area contributed by atoms with Gasteiger partial charge in [0.25, 0.3) is 0 Å². The van der Waals surface area contributed by atoms with Crippen LogP contribution in [0.15, 0.2) is 24.4 Å². The van der Waals surface area contributed by atoms with Gasteiger partial charge in [0.2, 0.25) is 0 Å². The Morgan fingerprint density at radius 2 is 2.10 bits per heavy atom. The molecule has 3 aromatic heterocycles. The highest BCUT2D eigenvalue weighted by atomic mass is 16.5. The number of nitrogens with one attached hydrogen (secondary N) is 2. The van der Waals surface area contributed by atoms with Gasteiger partial charge in [-0.1, -0.05) is 19.4 Å². The number of hydrogen-bond donors (Lipinski definition) is 2. The molecule has 3 heterocycles. The minimum Gasteiger partial charge on any atom is -0.495 e. The van der Waals surface area contributed by atoms with E-state index < -0.39 is 0 Å². The maximum Gasteiger partial charge on any atom is 0.157 e. The van der Waals surface area contributed by atoms with Crippen LogP contribution in [-0.4, -0.2) is 53.4 Å². The van der Waals surface area contributed by atoms with E-state index in [9.17, 15) is 0 Å². The summed E-state index contributed by atoms with van der Waals surface area (Å²) in [7, 11) is 5.37. The molecule has 1 atom stereocenters. The maximum atomic E-state index is 5.56. The molecule has 8 heteroatoms. The fourth-order valence-corrected chi connectivity index (χ4v) is 3.93. The van der Waals surface area contributed by atoms with Gasteiger partial charge in [0.05, 0.1) is 25.6 Å². The van der Waals surface area contributed by atoms with Crippen molar-refractivity contribution in [3.05, 3.63) is 35.7 Å². The number of fused-ring (bicyclic) bond motifs is 1. The lowest BCUT2D eigenvalue weighted by molar-refractivity contribution is 0.185. The molecule has 0 radical (unpaired) electrons. The Balaban J connectivity index is 1.73.